The van der Waals surface area contributed by atoms with Crippen molar-refractivity contribution in [3.05, 3.63) is 35.5 Å². The maximum absolute atomic E-state index is 10.5. The molecule has 2 unspecified atom stereocenters. The quantitative estimate of drug-likeness (QED) is 0.760. The Hall–Kier alpha value is -1.32. The van der Waals surface area contributed by atoms with Gasteiger partial charge in [-0.25, -0.2) is 0 Å². The second kappa shape index (κ2) is 4.75. The molecule has 2 aromatic rings. The zero-order chi connectivity index (χ0) is 12.5. The topological polar surface area (TPSA) is 48.0 Å². The first-order chi connectivity index (χ1) is 8.75. The Morgan fingerprint density at radius 3 is 3.06 bits per heavy atom. The largest absolute Gasteiger partial charge is 0.388 e. The van der Waals surface area contributed by atoms with Gasteiger partial charge in [-0.1, -0.05) is 12.1 Å². The van der Waals surface area contributed by atoms with E-state index in [0.29, 0.717) is 5.92 Å². The van der Waals surface area contributed by atoms with Gasteiger partial charge in [-0.3, -0.25) is 0 Å². The summed E-state index contributed by atoms with van der Waals surface area (Å²) in [5.41, 5.74) is 3.40. The van der Waals surface area contributed by atoms with Gasteiger partial charge in [-0.05, 0) is 37.9 Å². The van der Waals surface area contributed by atoms with Gasteiger partial charge in [0.15, 0.2) is 0 Å². The summed E-state index contributed by atoms with van der Waals surface area (Å²) >= 11 is 0. The van der Waals surface area contributed by atoms with E-state index in [0.717, 1.165) is 42.4 Å². The fraction of sp³-hybridized carbons (Fsp3) is 0.467. The summed E-state index contributed by atoms with van der Waals surface area (Å²) in [6.45, 7) is 4.08. The van der Waals surface area contributed by atoms with Crippen LogP contribution >= 0.6 is 0 Å². The number of H-pyrrole nitrogens is 1. The molecular weight excluding hydrogens is 224 g/mol. The fourth-order valence-corrected chi connectivity index (χ4v) is 2.91. The molecule has 1 aliphatic rings. The lowest BCUT2D eigenvalue weighted by atomic mass is 9.89. The average molecular weight is 244 g/mol. The van der Waals surface area contributed by atoms with Crippen molar-refractivity contribution in [3.63, 3.8) is 0 Å². The van der Waals surface area contributed by atoms with Gasteiger partial charge in [-0.15, -0.1) is 0 Å². The van der Waals surface area contributed by atoms with Crippen LogP contribution < -0.4 is 5.32 Å². The molecule has 96 valence electrons. The third-order valence-electron chi connectivity index (χ3n) is 3.97. The molecule has 0 radical (unpaired) electrons. The van der Waals surface area contributed by atoms with Crippen molar-refractivity contribution in [2.75, 3.05) is 13.1 Å². The summed E-state index contributed by atoms with van der Waals surface area (Å²) < 4.78 is 0. The minimum absolute atomic E-state index is 0.332. The minimum Gasteiger partial charge on any atom is -0.388 e. The molecular formula is C15H20N2O. The summed E-state index contributed by atoms with van der Waals surface area (Å²) in [5, 5.41) is 15.1. The number of benzene rings is 1. The molecule has 1 aromatic heterocycles. The number of rotatable bonds is 2. The van der Waals surface area contributed by atoms with Gasteiger partial charge in [-0.2, -0.15) is 0 Å². The standard InChI is InChI=1S/C15H20N2O/c1-10-4-5-12-13(9-17-14(12)7-10)15(18)11-3-2-6-16-8-11/h4-5,7,9,11,15-18H,2-3,6,8H2,1H3. The molecule has 0 spiro atoms. The number of nitrogens with one attached hydrogen (secondary N) is 2. The number of piperidine rings is 1. The Balaban J connectivity index is 1.93. The second-order valence-corrected chi connectivity index (χ2v) is 5.34. The zero-order valence-electron chi connectivity index (χ0n) is 10.7. The van der Waals surface area contributed by atoms with Crippen LogP contribution in [0.5, 0.6) is 0 Å². The number of aromatic nitrogens is 1. The zero-order valence-corrected chi connectivity index (χ0v) is 10.7. The van der Waals surface area contributed by atoms with E-state index in [-0.39, 0.29) is 6.10 Å². The van der Waals surface area contributed by atoms with E-state index in [1.54, 1.807) is 0 Å². The van der Waals surface area contributed by atoms with Crippen LogP contribution in [-0.2, 0) is 0 Å². The van der Waals surface area contributed by atoms with Crippen LogP contribution in [0.15, 0.2) is 24.4 Å². The highest BCUT2D eigenvalue weighted by molar-refractivity contribution is 5.84. The van der Waals surface area contributed by atoms with Crippen LogP contribution in [0.2, 0.25) is 0 Å². The molecule has 2 atom stereocenters. The minimum atomic E-state index is -0.366. The Bertz CT molecular complexity index is 540. The van der Waals surface area contributed by atoms with E-state index in [1.165, 1.54) is 5.56 Å². The molecule has 18 heavy (non-hydrogen) atoms. The highest BCUT2D eigenvalue weighted by Crippen LogP contribution is 2.32. The maximum Gasteiger partial charge on any atom is 0.0850 e. The third-order valence-corrected chi connectivity index (χ3v) is 3.97. The fourth-order valence-electron chi connectivity index (χ4n) is 2.91. The van der Waals surface area contributed by atoms with Crippen molar-refractivity contribution in [2.45, 2.75) is 25.9 Å². The van der Waals surface area contributed by atoms with E-state index in [4.69, 9.17) is 0 Å². The molecule has 0 bridgehead atoms. The first-order valence-electron chi connectivity index (χ1n) is 6.72. The van der Waals surface area contributed by atoms with Gasteiger partial charge in [0, 0.05) is 35.1 Å². The van der Waals surface area contributed by atoms with Crippen LogP contribution in [-0.4, -0.2) is 23.2 Å². The summed E-state index contributed by atoms with van der Waals surface area (Å²) in [4.78, 5) is 3.27. The van der Waals surface area contributed by atoms with E-state index in [1.807, 2.05) is 6.20 Å². The van der Waals surface area contributed by atoms with Gasteiger partial charge in [0.2, 0.25) is 0 Å². The number of aliphatic hydroxyl groups excluding tert-OH is 1. The Morgan fingerprint density at radius 1 is 1.39 bits per heavy atom. The first-order valence-corrected chi connectivity index (χ1v) is 6.72. The molecule has 0 amide bonds. The van der Waals surface area contributed by atoms with Crippen molar-refractivity contribution in [3.8, 4) is 0 Å². The van der Waals surface area contributed by atoms with Gasteiger partial charge in [0.1, 0.15) is 0 Å². The summed E-state index contributed by atoms with van der Waals surface area (Å²) in [6.07, 6.45) is 3.86. The number of aryl methyl sites for hydroxylation is 1. The van der Waals surface area contributed by atoms with Crippen LogP contribution in [0.1, 0.15) is 30.1 Å². The molecule has 3 N–H and O–H groups in total. The van der Waals surface area contributed by atoms with E-state index in [2.05, 4.69) is 35.4 Å². The van der Waals surface area contributed by atoms with Crippen LogP contribution in [0.4, 0.5) is 0 Å². The number of fused-ring (bicyclic) bond motifs is 1. The lowest BCUT2D eigenvalue weighted by Crippen LogP contribution is -2.33. The summed E-state index contributed by atoms with van der Waals surface area (Å²) in [7, 11) is 0. The van der Waals surface area contributed by atoms with Crippen LogP contribution in [0, 0.1) is 12.8 Å². The molecule has 1 fully saturated rings. The SMILES string of the molecule is Cc1ccc2c(C(O)C3CCCNC3)c[nH]c2c1. The lowest BCUT2D eigenvalue weighted by molar-refractivity contribution is 0.0934. The van der Waals surface area contributed by atoms with Crippen molar-refractivity contribution in [2.24, 2.45) is 5.92 Å². The number of hydrogen-bond acceptors (Lipinski definition) is 2. The number of aliphatic hydroxyl groups is 1. The molecule has 0 saturated carbocycles. The van der Waals surface area contributed by atoms with Gasteiger partial charge in [0.25, 0.3) is 0 Å². The van der Waals surface area contributed by atoms with Gasteiger partial charge >= 0.3 is 0 Å². The Kier molecular flexibility index (Phi) is 3.10. The molecule has 3 rings (SSSR count). The summed E-state index contributed by atoms with van der Waals surface area (Å²) in [5.74, 6) is 0.332. The Morgan fingerprint density at radius 2 is 2.28 bits per heavy atom. The normalized spacial score (nSPS) is 22.2. The Labute approximate surface area is 107 Å². The average Bonchev–Trinajstić information content (AvgIpc) is 2.81. The van der Waals surface area contributed by atoms with Crippen LogP contribution in [0.3, 0.4) is 0 Å². The predicted octanol–water partition coefficient (Wildman–Crippen LogP) is 2.51. The van der Waals surface area contributed by atoms with Gasteiger partial charge in [0.05, 0.1) is 6.10 Å². The smallest absolute Gasteiger partial charge is 0.0850 e. The predicted molar refractivity (Wildman–Crippen MR) is 73.6 cm³/mol. The van der Waals surface area contributed by atoms with Crippen molar-refractivity contribution < 1.29 is 5.11 Å². The molecule has 3 nitrogen and oxygen atoms in total. The maximum atomic E-state index is 10.5. The molecule has 3 heteroatoms. The van der Waals surface area contributed by atoms with Crippen molar-refractivity contribution in [1.82, 2.24) is 10.3 Å². The molecule has 1 aliphatic heterocycles. The van der Waals surface area contributed by atoms with Crippen molar-refractivity contribution in [1.29, 1.82) is 0 Å². The summed E-state index contributed by atoms with van der Waals surface area (Å²) in [6, 6.07) is 6.34. The molecule has 1 aromatic carbocycles. The number of hydrogen-bond donors (Lipinski definition) is 3. The van der Waals surface area contributed by atoms with Crippen molar-refractivity contribution >= 4 is 10.9 Å². The van der Waals surface area contributed by atoms with E-state index < -0.39 is 0 Å². The van der Waals surface area contributed by atoms with Gasteiger partial charge < -0.3 is 15.4 Å². The highest BCUT2D eigenvalue weighted by atomic mass is 16.3. The monoisotopic (exact) mass is 244 g/mol. The lowest BCUT2D eigenvalue weighted by Gasteiger charge is -2.27. The highest BCUT2D eigenvalue weighted by Gasteiger charge is 2.24. The van der Waals surface area contributed by atoms with Crippen LogP contribution in [0.25, 0.3) is 10.9 Å². The molecule has 2 heterocycles. The number of aromatic amines is 1. The first kappa shape index (κ1) is 11.8. The third kappa shape index (κ3) is 2.04. The van der Waals surface area contributed by atoms with E-state index >= 15 is 0 Å². The molecule has 0 aliphatic carbocycles. The second-order valence-electron chi connectivity index (χ2n) is 5.34. The van der Waals surface area contributed by atoms with E-state index in [9.17, 15) is 5.11 Å². The molecule has 1 saturated heterocycles.